The van der Waals surface area contributed by atoms with E-state index in [9.17, 15) is 4.79 Å². The number of nitrogens with zero attached hydrogens (tertiary/aromatic N) is 2. The van der Waals surface area contributed by atoms with Gasteiger partial charge in [-0.1, -0.05) is 40.2 Å². The zero-order valence-electron chi connectivity index (χ0n) is 11.4. The molecule has 0 saturated carbocycles. The lowest BCUT2D eigenvalue weighted by atomic mass is 10.2. The molecule has 6 heteroatoms. The van der Waals surface area contributed by atoms with E-state index in [1.54, 1.807) is 12.2 Å². The van der Waals surface area contributed by atoms with Crippen molar-refractivity contribution in [1.29, 1.82) is 0 Å². The van der Waals surface area contributed by atoms with E-state index in [-0.39, 0.29) is 12.5 Å². The third-order valence-electron chi connectivity index (χ3n) is 2.50. The molecule has 0 spiro atoms. The quantitative estimate of drug-likeness (QED) is 0.665. The maximum Gasteiger partial charge on any atom is 0.247 e. The number of halogens is 1. The lowest BCUT2D eigenvalue weighted by Gasteiger charge is -1.97. The fraction of sp³-hybridized carbons (Fsp3) is 0.133. The summed E-state index contributed by atoms with van der Waals surface area (Å²) in [5.74, 6) is 0.568. The highest BCUT2D eigenvalue weighted by atomic mass is 79.9. The number of hydrogen-bond donors (Lipinski definition) is 1. The van der Waals surface area contributed by atoms with Gasteiger partial charge in [-0.3, -0.25) is 4.79 Å². The minimum Gasteiger partial charge on any atom is -0.419 e. The fourth-order valence-electron chi connectivity index (χ4n) is 1.54. The highest BCUT2D eigenvalue weighted by Crippen LogP contribution is 2.21. The van der Waals surface area contributed by atoms with Gasteiger partial charge in [0.15, 0.2) is 0 Å². The summed E-state index contributed by atoms with van der Waals surface area (Å²) in [5.41, 5.74) is 0.822. The summed E-state index contributed by atoms with van der Waals surface area (Å²) in [4.78, 5) is 11.5. The van der Waals surface area contributed by atoms with Crippen LogP contribution in [0.3, 0.4) is 0 Å². The Morgan fingerprint density at radius 1 is 1.38 bits per heavy atom. The van der Waals surface area contributed by atoms with Crippen molar-refractivity contribution in [3.8, 4) is 11.5 Å². The first-order valence-electron chi connectivity index (χ1n) is 6.34. The van der Waals surface area contributed by atoms with Crippen molar-refractivity contribution in [2.45, 2.75) is 13.5 Å². The molecule has 1 aromatic heterocycles. The number of allylic oxidation sites excluding steroid dienone is 3. The van der Waals surface area contributed by atoms with E-state index >= 15 is 0 Å². The Balaban J connectivity index is 1.96. The summed E-state index contributed by atoms with van der Waals surface area (Å²) in [6, 6.07) is 7.56. The Bertz CT molecular complexity index is 677. The van der Waals surface area contributed by atoms with E-state index in [1.165, 1.54) is 6.08 Å². The first-order chi connectivity index (χ1) is 10.2. The van der Waals surface area contributed by atoms with Crippen LogP contribution in [0.15, 0.2) is 57.5 Å². The number of rotatable bonds is 5. The van der Waals surface area contributed by atoms with Gasteiger partial charge in [0, 0.05) is 16.1 Å². The second-order valence-electron chi connectivity index (χ2n) is 4.11. The van der Waals surface area contributed by atoms with Crippen molar-refractivity contribution in [1.82, 2.24) is 15.5 Å². The van der Waals surface area contributed by atoms with Gasteiger partial charge in [0.1, 0.15) is 0 Å². The zero-order chi connectivity index (χ0) is 15.1. The summed E-state index contributed by atoms with van der Waals surface area (Å²) < 4.78 is 6.44. The Kier molecular flexibility index (Phi) is 5.45. The van der Waals surface area contributed by atoms with Crippen LogP contribution >= 0.6 is 15.9 Å². The molecule has 0 aliphatic rings. The van der Waals surface area contributed by atoms with E-state index < -0.39 is 0 Å². The predicted molar refractivity (Wildman–Crippen MR) is 83.2 cm³/mol. The molecule has 21 heavy (non-hydrogen) atoms. The first kappa shape index (κ1) is 15.2. The third kappa shape index (κ3) is 4.68. The molecule has 0 aliphatic heterocycles. The van der Waals surface area contributed by atoms with Crippen LogP contribution in [-0.4, -0.2) is 16.1 Å². The van der Waals surface area contributed by atoms with Crippen LogP contribution in [0.25, 0.3) is 11.5 Å². The van der Waals surface area contributed by atoms with Crippen molar-refractivity contribution in [3.05, 3.63) is 58.9 Å². The Morgan fingerprint density at radius 2 is 2.24 bits per heavy atom. The summed E-state index contributed by atoms with van der Waals surface area (Å²) in [6.07, 6.45) is 6.71. The van der Waals surface area contributed by atoms with Crippen LogP contribution in [0.2, 0.25) is 0 Å². The smallest absolute Gasteiger partial charge is 0.247 e. The highest BCUT2D eigenvalue weighted by molar-refractivity contribution is 9.10. The van der Waals surface area contributed by atoms with Crippen LogP contribution in [0, 0.1) is 0 Å². The van der Waals surface area contributed by atoms with Crippen LogP contribution in [0.5, 0.6) is 0 Å². The molecule has 5 nitrogen and oxygen atoms in total. The third-order valence-corrected chi connectivity index (χ3v) is 3.00. The van der Waals surface area contributed by atoms with Crippen molar-refractivity contribution >= 4 is 21.8 Å². The molecule has 0 radical (unpaired) electrons. The van der Waals surface area contributed by atoms with Gasteiger partial charge in [-0.05, 0) is 25.1 Å². The maximum atomic E-state index is 11.5. The molecule has 108 valence electrons. The molecule has 1 aromatic carbocycles. The predicted octanol–water partition coefficient (Wildman–Crippen LogP) is 3.25. The average Bonchev–Trinajstić information content (AvgIpc) is 2.94. The van der Waals surface area contributed by atoms with Gasteiger partial charge >= 0.3 is 0 Å². The maximum absolute atomic E-state index is 11.5. The fourth-order valence-corrected chi connectivity index (χ4v) is 1.94. The highest BCUT2D eigenvalue weighted by Gasteiger charge is 2.09. The molecule has 0 saturated heterocycles. The van der Waals surface area contributed by atoms with E-state index in [0.29, 0.717) is 11.8 Å². The molecular weight excluding hydrogens is 334 g/mol. The topological polar surface area (TPSA) is 68.0 Å². The van der Waals surface area contributed by atoms with Crippen molar-refractivity contribution < 1.29 is 9.21 Å². The van der Waals surface area contributed by atoms with Gasteiger partial charge in [-0.15, -0.1) is 10.2 Å². The monoisotopic (exact) mass is 347 g/mol. The normalized spacial score (nSPS) is 11.3. The number of nitrogens with one attached hydrogen (secondary N) is 1. The second kappa shape index (κ2) is 7.54. The average molecular weight is 348 g/mol. The summed E-state index contributed by atoms with van der Waals surface area (Å²) >= 11 is 3.39. The molecule has 0 atom stereocenters. The lowest BCUT2D eigenvalue weighted by Crippen LogP contribution is -2.20. The standard InChI is InChI=1S/C15H14BrN3O2/c1-2-3-4-8-13(20)17-10-14-18-19-15(21-14)11-6-5-7-12(16)9-11/h2-9H,10H2,1H3,(H,17,20)/b3-2+,8-4+. The molecule has 1 N–H and O–H groups in total. The molecule has 2 rings (SSSR count). The SMILES string of the molecule is C/C=C/C=C/C(=O)NCc1nnc(-c2cccc(Br)c2)o1. The van der Waals surface area contributed by atoms with Gasteiger partial charge in [0.25, 0.3) is 0 Å². The van der Waals surface area contributed by atoms with Gasteiger partial charge in [-0.25, -0.2) is 0 Å². The van der Waals surface area contributed by atoms with E-state index in [2.05, 4.69) is 31.4 Å². The van der Waals surface area contributed by atoms with Gasteiger partial charge in [0.05, 0.1) is 6.54 Å². The number of amides is 1. The van der Waals surface area contributed by atoms with E-state index in [0.717, 1.165) is 10.0 Å². The van der Waals surface area contributed by atoms with Crippen molar-refractivity contribution in [2.75, 3.05) is 0 Å². The molecular formula is C15H14BrN3O2. The van der Waals surface area contributed by atoms with E-state index in [1.807, 2.05) is 37.3 Å². The van der Waals surface area contributed by atoms with Crippen LogP contribution in [-0.2, 0) is 11.3 Å². The molecule has 0 fully saturated rings. The van der Waals surface area contributed by atoms with Crippen molar-refractivity contribution in [3.63, 3.8) is 0 Å². The van der Waals surface area contributed by atoms with Crippen LogP contribution in [0.1, 0.15) is 12.8 Å². The molecule has 1 amide bonds. The molecule has 0 unspecified atom stereocenters. The number of carbonyl (C=O) groups excluding carboxylic acids is 1. The zero-order valence-corrected chi connectivity index (χ0v) is 13.0. The molecule has 0 bridgehead atoms. The van der Waals surface area contributed by atoms with E-state index in [4.69, 9.17) is 4.42 Å². The van der Waals surface area contributed by atoms with Gasteiger partial charge in [0.2, 0.25) is 17.7 Å². The number of hydrogen-bond acceptors (Lipinski definition) is 4. The number of carbonyl (C=O) groups is 1. The Labute approximate surface area is 130 Å². The molecule has 1 heterocycles. The largest absolute Gasteiger partial charge is 0.419 e. The van der Waals surface area contributed by atoms with Crippen LogP contribution < -0.4 is 5.32 Å². The van der Waals surface area contributed by atoms with Crippen LogP contribution in [0.4, 0.5) is 0 Å². The number of aromatic nitrogens is 2. The van der Waals surface area contributed by atoms with Gasteiger partial charge in [-0.2, -0.15) is 0 Å². The minimum absolute atomic E-state index is 0.194. The summed E-state index contributed by atoms with van der Waals surface area (Å²) in [6.45, 7) is 2.07. The summed E-state index contributed by atoms with van der Waals surface area (Å²) in [5, 5.41) is 10.5. The molecule has 0 aliphatic carbocycles. The summed E-state index contributed by atoms with van der Waals surface area (Å²) in [7, 11) is 0. The van der Waals surface area contributed by atoms with Crippen molar-refractivity contribution in [2.24, 2.45) is 0 Å². The Morgan fingerprint density at radius 3 is 3.00 bits per heavy atom. The second-order valence-corrected chi connectivity index (χ2v) is 5.03. The van der Waals surface area contributed by atoms with Gasteiger partial charge < -0.3 is 9.73 Å². The minimum atomic E-state index is -0.213. The molecule has 2 aromatic rings. The first-order valence-corrected chi connectivity index (χ1v) is 7.14. The number of benzene rings is 1. The Hall–Kier alpha value is -2.21. The lowest BCUT2D eigenvalue weighted by molar-refractivity contribution is -0.116.